The minimum atomic E-state index is 0.317. The molecule has 3 nitrogen and oxygen atoms in total. The number of piperidine rings is 1. The van der Waals surface area contributed by atoms with Crippen molar-refractivity contribution in [2.45, 2.75) is 32.8 Å². The molecule has 104 valence electrons. The number of ether oxygens (including phenoxy) is 1. The van der Waals surface area contributed by atoms with Gasteiger partial charge < -0.3 is 15.4 Å². The zero-order chi connectivity index (χ0) is 13.8. The van der Waals surface area contributed by atoms with Crippen LogP contribution in [-0.4, -0.2) is 30.8 Å². The van der Waals surface area contributed by atoms with Crippen molar-refractivity contribution in [3.05, 3.63) is 29.3 Å². The molecule has 19 heavy (non-hydrogen) atoms. The molecular formula is C15H22N2OS. The van der Waals surface area contributed by atoms with Gasteiger partial charge in [-0.25, -0.2) is 0 Å². The summed E-state index contributed by atoms with van der Waals surface area (Å²) in [4.78, 5) is 2.84. The summed E-state index contributed by atoms with van der Waals surface area (Å²) in [5.74, 6) is 0. The van der Waals surface area contributed by atoms with Gasteiger partial charge in [0.2, 0.25) is 0 Å². The lowest BCUT2D eigenvalue weighted by atomic mass is 10.0. The Hall–Kier alpha value is -1.13. The van der Waals surface area contributed by atoms with Crippen LogP contribution in [0, 0.1) is 6.92 Å². The van der Waals surface area contributed by atoms with Gasteiger partial charge in [0, 0.05) is 30.9 Å². The number of hydrogen-bond donors (Lipinski definition) is 1. The molecule has 0 spiro atoms. The molecule has 0 saturated carbocycles. The zero-order valence-electron chi connectivity index (χ0n) is 11.7. The molecule has 1 unspecified atom stereocenters. The Labute approximate surface area is 120 Å². The van der Waals surface area contributed by atoms with Crippen LogP contribution in [0.2, 0.25) is 0 Å². The highest BCUT2D eigenvalue weighted by atomic mass is 32.1. The van der Waals surface area contributed by atoms with Gasteiger partial charge in [-0.05, 0) is 38.3 Å². The van der Waals surface area contributed by atoms with Crippen LogP contribution >= 0.6 is 12.2 Å². The van der Waals surface area contributed by atoms with Crippen LogP contribution in [-0.2, 0) is 4.74 Å². The molecule has 1 heterocycles. The van der Waals surface area contributed by atoms with Gasteiger partial charge >= 0.3 is 0 Å². The summed E-state index contributed by atoms with van der Waals surface area (Å²) < 4.78 is 5.77. The molecule has 1 aromatic rings. The lowest BCUT2D eigenvalue weighted by Crippen LogP contribution is -2.41. The number of aryl methyl sites for hydroxylation is 1. The number of nitrogens with two attached hydrogens (primary N) is 1. The second-order valence-corrected chi connectivity index (χ2v) is 5.44. The summed E-state index contributed by atoms with van der Waals surface area (Å²) in [5.41, 5.74) is 9.24. The second-order valence-electron chi connectivity index (χ2n) is 5.00. The Morgan fingerprint density at radius 3 is 3.00 bits per heavy atom. The molecule has 1 aliphatic rings. The van der Waals surface area contributed by atoms with E-state index < -0.39 is 0 Å². The number of thiocarbonyl (C=S) groups is 1. The minimum Gasteiger partial charge on any atom is -0.389 e. The Kier molecular flexibility index (Phi) is 4.77. The molecule has 0 aromatic heterocycles. The van der Waals surface area contributed by atoms with Crippen LogP contribution in [0.4, 0.5) is 5.69 Å². The molecule has 0 bridgehead atoms. The van der Waals surface area contributed by atoms with Crippen molar-refractivity contribution < 1.29 is 4.74 Å². The first-order valence-electron chi connectivity index (χ1n) is 6.89. The largest absolute Gasteiger partial charge is 0.389 e. The summed E-state index contributed by atoms with van der Waals surface area (Å²) in [6.45, 7) is 6.90. The van der Waals surface area contributed by atoms with Gasteiger partial charge in [0.25, 0.3) is 0 Å². The average Bonchev–Trinajstić information content (AvgIpc) is 2.39. The number of rotatable bonds is 4. The van der Waals surface area contributed by atoms with Gasteiger partial charge in [-0.1, -0.05) is 24.4 Å². The van der Waals surface area contributed by atoms with Crippen molar-refractivity contribution in [3.8, 4) is 0 Å². The van der Waals surface area contributed by atoms with Crippen LogP contribution in [0.15, 0.2) is 18.2 Å². The highest BCUT2D eigenvalue weighted by molar-refractivity contribution is 7.80. The van der Waals surface area contributed by atoms with Crippen molar-refractivity contribution in [2.24, 2.45) is 5.73 Å². The molecule has 1 saturated heterocycles. The van der Waals surface area contributed by atoms with E-state index in [9.17, 15) is 0 Å². The molecule has 2 N–H and O–H groups in total. The van der Waals surface area contributed by atoms with Crippen molar-refractivity contribution in [1.29, 1.82) is 0 Å². The fourth-order valence-electron chi connectivity index (χ4n) is 2.79. The summed E-state index contributed by atoms with van der Waals surface area (Å²) in [5, 5.41) is 0. The van der Waals surface area contributed by atoms with Crippen molar-refractivity contribution in [3.63, 3.8) is 0 Å². The van der Waals surface area contributed by atoms with Crippen molar-refractivity contribution in [2.75, 3.05) is 24.6 Å². The molecule has 1 atom stereocenters. The van der Waals surface area contributed by atoms with E-state index in [2.05, 4.69) is 17.9 Å². The third kappa shape index (κ3) is 3.25. The first-order valence-corrected chi connectivity index (χ1v) is 7.30. The van der Waals surface area contributed by atoms with Gasteiger partial charge in [-0.3, -0.25) is 0 Å². The van der Waals surface area contributed by atoms with Crippen LogP contribution in [0.1, 0.15) is 30.9 Å². The number of para-hydroxylation sites is 1. The number of nitrogens with zero attached hydrogens (tertiary/aromatic N) is 1. The summed E-state index contributed by atoms with van der Waals surface area (Å²) in [7, 11) is 0. The Morgan fingerprint density at radius 1 is 1.53 bits per heavy atom. The standard InChI is InChI=1S/C15H22N2OS/c1-3-18-12-7-5-9-17(10-12)14-11(2)6-4-8-13(14)15(16)19/h4,6,8,12H,3,5,7,9-10H2,1-2H3,(H2,16,19). The molecular weight excluding hydrogens is 256 g/mol. The van der Waals surface area contributed by atoms with E-state index in [-0.39, 0.29) is 0 Å². The highest BCUT2D eigenvalue weighted by Crippen LogP contribution is 2.28. The Bertz CT molecular complexity index is 459. The first-order chi connectivity index (χ1) is 9.13. The molecule has 0 radical (unpaired) electrons. The number of benzene rings is 1. The predicted molar refractivity (Wildman–Crippen MR) is 83.9 cm³/mol. The van der Waals surface area contributed by atoms with E-state index in [4.69, 9.17) is 22.7 Å². The smallest absolute Gasteiger partial charge is 0.106 e. The van der Waals surface area contributed by atoms with Crippen molar-refractivity contribution in [1.82, 2.24) is 0 Å². The average molecular weight is 278 g/mol. The third-order valence-corrected chi connectivity index (χ3v) is 3.82. The Balaban J connectivity index is 2.28. The lowest BCUT2D eigenvalue weighted by Gasteiger charge is -2.36. The number of anilines is 1. The monoisotopic (exact) mass is 278 g/mol. The Morgan fingerprint density at radius 2 is 2.32 bits per heavy atom. The van der Waals surface area contributed by atoms with Crippen LogP contribution in [0.3, 0.4) is 0 Å². The van der Waals surface area contributed by atoms with E-state index in [0.29, 0.717) is 11.1 Å². The predicted octanol–water partition coefficient (Wildman–Crippen LogP) is 2.63. The maximum atomic E-state index is 5.86. The van der Waals surface area contributed by atoms with E-state index in [1.165, 1.54) is 11.3 Å². The van der Waals surface area contributed by atoms with E-state index >= 15 is 0 Å². The first kappa shape index (κ1) is 14.3. The maximum absolute atomic E-state index is 5.86. The molecule has 0 amide bonds. The topological polar surface area (TPSA) is 38.5 Å². The second kappa shape index (κ2) is 6.35. The quantitative estimate of drug-likeness (QED) is 0.859. The molecule has 2 rings (SSSR count). The SMILES string of the molecule is CCOC1CCCN(c2c(C)cccc2C(N)=S)C1. The molecule has 4 heteroatoms. The van der Waals surface area contributed by atoms with E-state index in [1.54, 1.807) is 0 Å². The maximum Gasteiger partial charge on any atom is 0.106 e. The van der Waals surface area contributed by atoms with E-state index in [0.717, 1.165) is 38.1 Å². The summed E-state index contributed by atoms with van der Waals surface area (Å²) >= 11 is 5.18. The van der Waals surface area contributed by atoms with Gasteiger partial charge in [0.15, 0.2) is 0 Å². The van der Waals surface area contributed by atoms with Crippen LogP contribution < -0.4 is 10.6 Å². The number of hydrogen-bond acceptors (Lipinski definition) is 3. The van der Waals surface area contributed by atoms with Crippen LogP contribution in [0.5, 0.6) is 0 Å². The molecule has 1 aliphatic heterocycles. The fraction of sp³-hybridized carbons (Fsp3) is 0.533. The van der Waals surface area contributed by atoms with Gasteiger partial charge in [0.1, 0.15) is 4.99 Å². The lowest BCUT2D eigenvalue weighted by molar-refractivity contribution is 0.0526. The minimum absolute atomic E-state index is 0.317. The summed E-state index contributed by atoms with van der Waals surface area (Å²) in [6, 6.07) is 6.13. The molecule has 0 aliphatic carbocycles. The van der Waals surface area contributed by atoms with E-state index in [1.807, 2.05) is 19.1 Å². The van der Waals surface area contributed by atoms with Crippen molar-refractivity contribution >= 4 is 22.9 Å². The van der Waals surface area contributed by atoms with Gasteiger partial charge in [-0.2, -0.15) is 0 Å². The molecule has 1 aromatic carbocycles. The van der Waals surface area contributed by atoms with Crippen LogP contribution in [0.25, 0.3) is 0 Å². The third-order valence-electron chi connectivity index (χ3n) is 3.60. The highest BCUT2D eigenvalue weighted by Gasteiger charge is 2.23. The fourth-order valence-corrected chi connectivity index (χ4v) is 2.96. The van der Waals surface area contributed by atoms with Gasteiger partial charge in [0.05, 0.1) is 6.10 Å². The zero-order valence-corrected chi connectivity index (χ0v) is 12.5. The summed E-state index contributed by atoms with van der Waals surface area (Å²) in [6.07, 6.45) is 2.60. The normalized spacial score (nSPS) is 19.5. The molecule has 1 fully saturated rings. The van der Waals surface area contributed by atoms with Gasteiger partial charge in [-0.15, -0.1) is 0 Å².